The molecule has 0 spiro atoms. The molecule has 2 N–H and O–H groups in total. The molecule has 1 fully saturated rings. The lowest BCUT2D eigenvalue weighted by Crippen LogP contribution is -2.29. The first-order valence-corrected chi connectivity index (χ1v) is 10.2. The van der Waals surface area contributed by atoms with E-state index in [-0.39, 0.29) is 11.8 Å². The van der Waals surface area contributed by atoms with Gasteiger partial charge in [0.2, 0.25) is 5.91 Å². The van der Waals surface area contributed by atoms with Crippen LogP contribution in [0.3, 0.4) is 0 Å². The number of carbonyl (C=O) groups excluding carboxylic acids is 2. The Hall–Kier alpha value is -2.52. The van der Waals surface area contributed by atoms with Crippen LogP contribution in [0.5, 0.6) is 0 Å². The van der Waals surface area contributed by atoms with E-state index in [1.54, 1.807) is 18.2 Å². The van der Waals surface area contributed by atoms with E-state index in [1.165, 1.54) is 22.7 Å². The number of primary amides is 1. The summed E-state index contributed by atoms with van der Waals surface area (Å²) in [6.07, 6.45) is 4.08. The number of thiocarbonyl (C=S) groups is 1. The Morgan fingerprint density at radius 2 is 1.97 bits per heavy atom. The predicted molar refractivity (Wildman–Crippen MR) is 112 cm³/mol. The Bertz CT molecular complexity index is 988. The van der Waals surface area contributed by atoms with Crippen molar-refractivity contribution >= 4 is 46.2 Å². The number of hydrogen-bond donors (Lipinski definition) is 1. The lowest BCUT2D eigenvalue weighted by molar-refractivity contribution is -0.122. The molecular weight excluding hydrogens is 418 g/mol. The molecule has 0 aliphatic carbocycles. The van der Waals surface area contributed by atoms with Crippen molar-refractivity contribution in [2.24, 2.45) is 5.73 Å². The number of rotatable bonds is 8. The van der Waals surface area contributed by atoms with Gasteiger partial charge in [-0.3, -0.25) is 14.5 Å². The Labute approximate surface area is 175 Å². The molecule has 29 heavy (non-hydrogen) atoms. The number of hydrogen-bond acceptors (Lipinski definition) is 5. The summed E-state index contributed by atoms with van der Waals surface area (Å²) < 4.78 is 32.6. The molecule has 0 bridgehead atoms. The zero-order valence-corrected chi connectivity index (χ0v) is 17.0. The van der Waals surface area contributed by atoms with E-state index >= 15 is 0 Å². The van der Waals surface area contributed by atoms with Crippen molar-refractivity contribution in [3.05, 3.63) is 52.6 Å². The van der Waals surface area contributed by atoms with Gasteiger partial charge < -0.3 is 10.2 Å². The number of furan rings is 1. The number of amides is 2. The SMILES string of the molecule is NC(=O)CCCCCN1C(=O)C(=Cc2ccc(-c3ccc(F)c(F)c3)o2)SC1=S. The molecule has 152 valence electrons. The average molecular weight is 437 g/mol. The van der Waals surface area contributed by atoms with E-state index in [1.807, 2.05) is 0 Å². The van der Waals surface area contributed by atoms with Crippen LogP contribution in [0, 0.1) is 11.6 Å². The Kier molecular flexibility index (Phi) is 6.81. The van der Waals surface area contributed by atoms with Crippen LogP contribution in [-0.4, -0.2) is 27.6 Å². The van der Waals surface area contributed by atoms with E-state index in [4.69, 9.17) is 22.4 Å². The van der Waals surface area contributed by atoms with E-state index < -0.39 is 11.6 Å². The van der Waals surface area contributed by atoms with Crippen LogP contribution in [0.1, 0.15) is 31.4 Å². The molecule has 2 aromatic rings. The summed E-state index contributed by atoms with van der Waals surface area (Å²) in [5, 5.41) is 0. The molecule has 5 nitrogen and oxygen atoms in total. The summed E-state index contributed by atoms with van der Waals surface area (Å²) in [7, 11) is 0. The second kappa shape index (κ2) is 9.32. The maximum Gasteiger partial charge on any atom is 0.266 e. The molecule has 0 unspecified atom stereocenters. The molecule has 1 aliphatic rings. The van der Waals surface area contributed by atoms with Gasteiger partial charge in [-0.05, 0) is 43.2 Å². The third kappa shape index (κ3) is 5.30. The second-order valence-corrected chi connectivity index (χ2v) is 8.12. The predicted octanol–water partition coefficient (Wildman–Crippen LogP) is 4.47. The van der Waals surface area contributed by atoms with Gasteiger partial charge in [0.25, 0.3) is 5.91 Å². The van der Waals surface area contributed by atoms with Crippen LogP contribution in [0.2, 0.25) is 0 Å². The summed E-state index contributed by atoms with van der Waals surface area (Å²) in [4.78, 5) is 25.3. The minimum Gasteiger partial charge on any atom is -0.457 e. The Morgan fingerprint density at radius 3 is 2.69 bits per heavy atom. The number of thioether (sulfide) groups is 1. The number of unbranched alkanes of at least 4 members (excludes halogenated alkanes) is 2. The van der Waals surface area contributed by atoms with Gasteiger partial charge in [0.1, 0.15) is 15.8 Å². The first kappa shape index (κ1) is 21.2. The fraction of sp³-hybridized carbons (Fsp3) is 0.250. The van der Waals surface area contributed by atoms with Gasteiger partial charge >= 0.3 is 0 Å². The molecule has 1 saturated heterocycles. The highest BCUT2D eigenvalue weighted by atomic mass is 32.2. The van der Waals surface area contributed by atoms with Crippen LogP contribution in [0.25, 0.3) is 17.4 Å². The van der Waals surface area contributed by atoms with Gasteiger partial charge in [0.05, 0.1) is 4.91 Å². The molecule has 0 saturated carbocycles. The van der Waals surface area contributed by atoms with Crippen molar-refractivity contribution in [3.63, 3.8) is 0 Å². The van der Waals surface area contributed by atoms with Crippen molar-refractivity contribution in [2.45, 2.75) is 25.7 Å². The molecule has 3 rings (SSSR count). The number of benzene rings is 1. The number of halogens is 2. The van der Waals surface area contributed by atoms with E-state index in [0.29, 0.717) is 52.1 Å². The van der Waals surface area contributed by atoms with Crippen LogP contribution in [0.15, 0.2) is 39.7 Å². The highest BCUT2D eigenvalue weighted by Crippen LogP contribution is 2.34. The minimum atomic E-state index is -0.961. The van der Waals surface area contributed by atoms with Crippen molar-refractivity contribution in [3.8, 4) is 11.3 Å². The third-order valence-electron chi connectivity index (χ3n) is 4.28. The average Bonchev–Trinajstić information content (AvgIpc) is 3.23. The first-order valence-electron chi connectivity index (χ1n) is 8.94. The number of carbonyl (C=O) groups is 2. The maximum absolute atomic E-state index is 13.4. The largest absolute Gasteiger partial charge is 0.457 e. The van der Waals surface area contributed by atoms with Crippen LogP contribution < -0.4 is 5.73 Å². The van der Waals surface area contributed by atoms with Crippen molar-refractivity contribution < 1.29 is 22.8 Å². The lowest BCUT2D eigenvalue weighted by atomic mass is 10.1. The van der Waals surface area contributed by atoms with Crippen molar-refractivity contribution in [2.75, 3.05) is 6.54 Å². The molecule has 9 heteroatoms. The monoisotopic (exact) mass is 436 g/mol. The summed E-state index contributed by atoms with van der Waals surface area (Å²) in [5.41, 5.74) is 5.50. The van der Waals surface area contributed by atoms with Crippen molar-refractivity contribution in [1.29, 1.82) is 0 Å². The molecule has 1 aliphatic heterocycles. The summed E-state index contributed by atoms with van der Waals surface area (Å²) >= 11 is 6.46. The maximum atomic E-state index is 13.4. The second-order valence-electron chi connectivity index (χ2n) is 6.44. The highest BCUT2D eigenvalue weighted by Gasteiger charge is 2.31. The third-order valence-corrected chi connectivity index (χ3v) is 5.66. The fourth-order valence-electron chi connectivity index (χ4n) is 2.80. The van der Waals surface area contributed by atoms with Gasteiger partial charge in [-0.2, -0.15) is 0 Å². The van der Waals surface area contributed by atoms with Gasteiger partial charge in [-0.15, -0.1) is 0 Å². The molecule has 0 radical (unpaired) electrons. The topological polar surface area (TPSA) is 76.5 Å². The standard InChI is InChI=1S/C20H18F2N2O3S2/c21-14-7-5-12(10-15(14)22)16-8-6-13(27-16)11-17-19(26)24(20(28)29-17)9-3-1-2-4-18(23)25/h5-8,10-11H,1-4,9H2,(H2,23,25). The minimum absolute atomic E-state index is 0.208. The summed E-state index contributed by atoms with van der Waals surface area (Å²) in [5.74, 6) is -1.66. The molecule has 2 amide bonds. The van der Waals surface area contributed by atoms with Gasteiger partial charge in [-0.25, -0.2) is 8.78 Å². The number of nitrogens with two attached hydrogens (primary N) is 1. The highest BCUT2D eigenvalue weighted by molar-refractivity contribution is 8.26. The zero-order chi connectivity index (χ0) is 21.0. The van der Waals surface area contributed by atoms with E-state index in [2.05, 4.69) is 0 Å². The lowest BCUT2D eigenvalue weighted by Gasteiger charge is -2.13. The normalized spacial score (nSPS) is 15.5. The summed E-state index contributed by atoms with van der Waals surface area (Å²) in [6.45, 7) is 0.471. The first-order chi connectivity index (χ1) is 13.8. The van der Waals surface area contributed by atoms with Crippen LogP contribution in [-0.2, 0) is 9.59 Å². The van der Waals surface area contributed by atoms with Crippen molar-refractivity contribution in [1.82, 2.24) is 4.90 Å². The zero-order valence-electron chi connectivity index (χ0n) is 15.3. The molecular formula is C20H18F2N2O3S2. The fourth-order valence-corrected chi connectivity index (χ4v) is 4.09. The quantitative estimate of drug-likeness (QED) is 0.375. The molecule has 1 aromatic carbocycles. The van der Waals surface area contributed by atoms with Gasteiger partial charge in [0, 0.05) is 24.6 Å². The Balaban J connectivity index is 1.64. The summed E-state index contributed by atoms with van der Waals surface area (Å²) in [6, 6.07) is 6.76. The van der Waals surface area contributed by atoms with E-state index in [9.17, 15) is 18.4 Å². The number of nitrogens with zero attached hydrogens (tertiary/aromatic N) is 1. The van der Waals surface area contributed by atoms with Gasteiger partial charge in [-0.1, -0.05) is 30.4 Å². The van der Waals surface area contributed by atoms with E-state index in [0.717, 1.165) is 18.6 Å². The smallest absolute Gasteiger partial charge is 0.266 e. The van der Waals surface area contributed by atoms with Crippen LogP contribution in [0.4, 0.5) is 8.78 Å². The van der Waals surface area contributed by atoms with Gasteiger partial charge in [0.15, 0.2) is 11.6 Å². The molecule has 0 atom stereocenters. The molecule has 1 aromatic heterocycles. The van der Waals surface area contributed by atoms with Crippen LogP contribution >= 0.6 is 24.0 Å². The molecule has 2 heterocycles. The Morgan fingerprint density at radius 1 is 1.17 bits per heavy atom.